The van der Waals surface area contributed by atoms with Crippen LogP contribution < -0.4 is 11.1 Å². The fourth-order valence-electron chi connectivity index (χ4n) is 2.25. The molecule has 5 nitrogen and oxygen atoms in total. The van der Waals surface area contributed by atoms with Crippen LogP contribution >= 0.6 is 0 Å². The third-order valence-electron chi connectivity index (χ3n) is 3.24. The monoisotopic (exact) mass is 243 g/mol. The average Bonchev–Trinajstić information content (AvgIpc) is 2.66. The Labute approximate surface area is 104 Å². The molecular formula is C12H25N3O2. The lowest BCUT2D eigenvalue weighted by molar-refractivity contribution is -0.123. The van der Waals surface area contributed by atoms with Gasteiger partial charge in [0.1, 0.15) is 0 Å². The SMILES string of the molecule is COCC(C)NC(=O)CN1CCC(C(C)N)C1. The summed E-state index contributed by atoms with van der Waals surface area (Å²) in [6.07, 6.45) is 1.10. The van der Waals surface area contributed by atoms with Gasteiger partial charge in [-0.2, -0.15) is 0 Å². The zero-order valence-corrected chi connectivity index (χ0v) is 11.1. The Hall–Kier alpha value is -0.650. The molecule has 3 atom stereocenters. The molecule has 3 unspecified atom stereocenters. The topological polar surface area (TPSA) is 67.6 Å². The van der Waals surface area contributed by atoms with E-state index in [0.717, 1.165) is 19.5 Å². The second-order valence-corrected chi connectivity index (χ2v) is 5.07. The molecule has 1 aliphatic heterocycles. The summed E-state index contributed by atoms with van der Waals surface area (Å²) >= 11 is 0. The molecule has 0 aromatic rings. The first-order valence-electron chi connectivity index (χ1n) is 6.29. The van der Waals surface area contributed by atoms with E-state index in [1.54, 1.807) is 7.11 Å². The predicted molar refractivity (Wildman–Crippen MR) is 67.7 cm³/mol. The molecule has 5 heteroatoms. The Morgan fingerprint density at radius 1 is 1.59 bits per heavy atom. The van der Waals surface area contributed by atoms with Gasteiger partial charge in [0, 0.05) is 25.7 Å². The van der Waals surface area contributed by atoms with Gasteiger partial charge in [-0.15, -0.1) is 0 Å². The van der Waals surface area contributed by atoms with Crippen LogP contribution in [0.5, 0.6) is 0 Å². The Morgan fingerprint density at radius 3 is 2.82 bits per heavy atom. The van der Waals surface area contributed by atoms with Crippen molar-refractivity contribution in [2.24, 2.45) is 11.7 Å². The molecule has 0 spiro atoms. The summed E-state index contributed by atoms with van der Waals surface area (Å²) < 4.78 is 4.98. The van der Waals surface area contributed by atoms with Crippen LogP contribution in [-0.4, -0.2) is 56.2 Å². The highest BCUT2D eigenvalue weighted by Gasteiger charge is 2.26. The number of likely N-dealkylation sites (tertiary alicyclic amines) is 1. The molecule has 0 aromatic heterocycles. The molecule has 17 heavy (non-hydrogen) atoms. The molecule has 1 saturated heterocycles. The van der Waals surface area contributed by atoms with E-state index in [-0.39, 0.29) is 18.0 Å². The van der Waals surface area contributed by atoms with E-state index in [2.05, 4.69) is 10.2 Å². The number of nitrogens with two attached hydrogens (primary N) is 1. The summed E-state index contributed by atoms with van der Waals surface area (Å²) in [6.45, 7) is 6.90. The van der Waals surface area contributed by atoms with Gasteiger partial charge in [0.25, 0.3) is 0 Å². The summed E-state index contributed by atoms with van der Waals surface area (Å²) in [7, 11) is 1.64. The zero-order valence-electron chi connectivity index (χ0n) is 11.1. The molecule has 100 valence electrons. The highest BCUT2D eigenvalue weighted by Crippen LogP contribution is 2.17. The second kappa shape index (κ2) is 6.93. The molecule has 1 aliphatic rings. The van der Waals surface area contributed by atoms with Crippen molar-refractivity contribution >= 4 is 5.91 Å². The fourth-order valence-corrected chi connectivity index (χ4v) is 2.25. The van der Waals surface area contributed by atoms with Crippen molar-refractivity contribution in [2.45, 2.75) is 32.4 Å². The maximum absolute atomic E-state index is 11.7. The molecule has 1 fully saturated rings. The Balaban J connectivity index is 2.24. The molecule has 0 aliphatic carbocycles. The number of nitrogens with zero attached hydrogens (tertiary/aromatic N) is 1. The van der Waals surface area contributed by atoms with E-state index in [1.807, 2.05) is 13.8 Å². The minimum absolute atomic E-state index is 0.0688. The smallest absolute Gasteiger partial charge is 0.234 e. The van der Waals surface area contributed by atoms with Gasteiger partial charge in [-0.25, -0.2) is 0 Å². The average molecular weight is 243 g/mol. The highest BCUT2D eigenvalue weighted by molar-refractivity contribution is 5.78. The van der Waals surface area contributed by atoms with Crippen LogP contribution in [0.3, 0.4) is 0 Å². The fraction of sp³-hybridized carbons (Fsp3) is 0.917. The summed E-state index contributed by atoms with van der Waals surface area (Å²) in [5.74, 6) is 0.596. The van der Waals surface area contributed by atoms with Crippen molar-refractivity contribution in [3.63, 3.8) is 0 Å². The van der Waals surface area contributed by atoms with Gasteiger partial charge in [-0.1, -0.05) is 0 Å². The molecule has 1 amide bonds. The van der Waals surface area contributed by atoms with Crippen molar-refractivity contribution < 1.29 is 9.53 Å². The van der Waals surface area contributed by atoms with E-state index in [4.69, 9.17) is 10.5 Å². The molecule has 3 N–H and O–H groups in total. The Bertz CT molecular complexity index is 246. The molecule has 0 aromatic carbocycles. The van der Waals surface area contributed by atoms with Crippen molar-refractivity contribution in [3.05, 3.63) is 0 Å². The van der Waals surface area contributed by atoms with Gasteiger partial charge in [-0.05, 0) is 32.7 Å². The van der Waals surface area contributed by atoms with Crippen LogP contribution in [0.4, 0.5) is 0 Å². The first-order valence-corrected chi connectivity index (χ1v) is 6.29. The molecular weight excluding hydrogens is 218 g/mol. The summed E-state index contributed by atoms with van der Waals surface area (Å²) in [5, 5.41) is 2.91. The number of ether oxygens (including phenoxy) is 1. The molecule has 1 rings (SSSR count). The number of methoxy groups -OCH3 is 1. The van der Waals surface area contributed by atoms with E-state index in [9.17, 15) is 4.79 Å². The van der Waals surface area contributed by atoms with Crippen LogP contribution in [-0.2, 0) is 9.53 Å². The van der Waals surface area contributed by atoms with Crippen LogP contribution in [0.2, 0.25) is 0 Å². The van der Waals surface area contributed by atoms with Crippen molar-refractivity contribution in [1.29, 1.82) is 0 Å². The predicted octanol–water partition coefficient (Wildman–Crippen LogP) is -0.193. The molecule has 0 bridgehead atoms. The van der Waals surface area contributed by atoms with Gasteiger partial charge in [0.05, 0.1) is 13.2 Å². The standard InChI is InChI=1S/C12H25N3O2/c1-9(8-17-3)14-12(16)7-15-5-4-11(6-15)10(2)13/h9-11H,4-8,13H2,1-3H3,(H,14,16). The highest BCUT2D eigenvalue weighted by atomic mass is 16.5. The lowest BCUT2D eigenvalue weighted by Gasteiger charge is -2.19. The van der Waals surface area contributed by atoms with Gasteiger partial charge in [0.2, 0.25) is 5.91 Å². The van der Waals surface area contributed by atoms with Crippen LogP contribution in [0.25, 0.3) is 0 Å². The minimum Gasteiger partial charge on any atom is -0.383 e. The zero-order chi connectivity index (χ0) is 12.8. The number of amides is 1. The third-order valence-corrected chi connectivity index (χ3v) is 3.24. The summed E-state index contributed by atoms with van der Waals surface area (Å²) in [4.78, 5) is 13.9. The van der Waals surface area contributed by atoms with E-state index in [1.165, 1.54) is 0 Å². The van der Waals surface area contributed by atoms with Gasteiger partial charge < -0.3 is 15.8 Å². The van der Waals surface area contributed by atoms with Gasteiger partial charge >= 0.3 is 0 Å². The van der Waals surface area contributed by atoms with Gasteiger partial charge in [-0.3, -0.25) is 9.69 Å². The first kappa shape index (κ1) is 14.4. The quantitative estimate of drug-likeness (QED) is 0.678. The Kier molecular flexibility index (Phi) is 5.88. The number of hydrogen-bond acceptors (Lipinski definition) is 4. The van der Waals surface area contributed by atoms with Crippen LogP contribution in [0.1, 0.15) is 20.3 Å². The summed E-state index contributed by atoms with van der Waals surface area (Å²) in [5.41, 5.74) is 5.87. The van der Waals surface area contributed by atoms with Gasteiger partial charge in [0.15, 0.2) is 0 Å². The van der Waals surface area contributed by atoms with Crippen molar-refractivity contribution in [2.75, 3.05) is 33.4 Å². The van der Waals surface area contributed by atoms with Crippen molar-refractivity contribution in [3.8, 4) is 0 Å². The number of carbonyl (C=O) groups is 1. The van der Waals surface area contributed by atoms with E-state index >= 15 is 0 Å². The maximum Gasteiger partial charge on any atom is 0.234 e. The molecule has 0 radical (unpaired) electrons. The van der Waals surface area contributed by atoms with Crippen LogP contribution in [0.15, 0.2) is 0 Å². The molecule has 0 saturated carbocycles. The minimum atomic E-state index is 0.0688. The van der Waals surface area contributed by atoms with E-state index < -0.39 is 0 Å². The maximum atomic E-state index is 11.7. The second-order valence-electron chi connectivity index (χ2n) is 5.07. The molecule has 1 heterocycles. The Morgan fingerprint density at radius 2 is 2.29 bits per heavy atom. The number of nitrogens with one attached hydrogen (secondary N) is 1. The lowest BCUT2D eigenvalue weighted by atomic mass is 10.0. The number of hydrogen-bond donors (Lipinski definition) is 2. The summed E-state index contributed by atoms with van der Waals surface area (Å²) in [6, 6.07) is 0.287. The van der Waals surface area contributed by atoms with E-state index in [0.29, 0.717) is 19.1 Å². The number of carbonyl (C=O) groups excluding carboxylic acids is 1. The normalized spacial score (nSPS) is 24.6. The van der Waals surface area contributed by atoms with Crippen molar-refractivity contribution in [1.82, 2.24) is 10.2 Å². The number of rotatable bonds is 6. The van der Waals surface area contributed by atoms with Crippen LogP contribution in [0, 0.1) is 5.92 Å². The largest absolute Gasteiger partial charge is 0.383 e. The lowest BCUT2D eigenvalue weighted by Crippen LogP contribution is -2.42. The first-order chi connectivity index (χ1) is 8.02. The third kappa shape index (κ3) is 5.02.